The molecule has 0 bridgehead atoms. The Hall–Kier alpha value is -4.19. The van der Waals surface area contributed by atoms with E-state index in [2.05, 4.69) is 0 Å². The van der Waals surface area contributed by atoms with Crippen LogP contribution in [0.25, 0.3) is 5.57 Å². The van der Waals surface area contributed by atoms with Gasteiger partial charge >= 0.3 is 5.97 Å². The van der Waals surface area contributed by atoms with Crippen LogP contribution in [0.5, 0.6) is 11.5 Å². The molecule has 198 valence electrons. The number of hydrogen-bond acceptors (Lipinski definition) is 10. The Morgan fingerprint density at radius 3 is 2.68 bits per heavy atom. The Balaban J connectivity index is 1.82. The quantitative estimate of drug-likeness (QED) is 0.237. The number of non-ortho nitro benzene ring substituents is 1. The minimum absolute atomic E-state index is 0.107. The highest BCUT2D eigenvalue weighted by atomic mass is 16.7. The molecule has 0 aromatic heterocycles. The number of fused-ring (bicyclic) bond motifs is 2. The lowest BCUT2D eigenvalue weighted by Gasteiger charge is -2.29. The first kappa shape index (κ1) is 25.5. The van der Waals surface area contributed by atoms with E-state index in [4.69, 9.17) is 28.4 Å². The first-order valence-electron chi connectivity index (χ1n) is 11.6. The van der Waals surface area contributed by atoms with E-state index in [1.807, 2.05) is 0 Å². The Bertz CT molecular complexity index is 1410. The van der Waals surface area contributed by atoms with Crippen molar-refractivity contribution in [3.05, 3.63) is 92.3 Å². The van der Waals surface area contributed by atoms with Gasteiger partial charge in [0.25, 0.3) is 5.69 Å². The molecule has 1 N–H and O–H groups in total. The zero-order valence-corrected chi connectivity index (χ0v) is 20.9. The zero-order chi connectivity index (χ0) is 27.0. The summed E-state index contributed by atoms with van der Waals surface area (Å²) >= 11 is 0. The second kappa shape index (κ2) is 9.93. The minimum Gasteiger partial charge on any atom is -0.497 e. The van der Waals surface area contributed by atoms with Crippen LogP contribution >= 0.6 is 0 Å². The first-order chi connectivity index (χ1) is 18.3. The van der Waals surface area contributed by atoms with Gasteiger partial charge in [-0.05, 0) is 41.0 Å². The maximum absolute atomic E-state index is 13.5. The fraction of sp³-hybridized carbons (Fsp3) is 0.296. The molecule has 2 aromatic rings. The van der Waals surface area contributed by atoms with Crippen LogP contribution in [-0.4, -0.2) is 57.0 Å². The molecule has 0 saturated carbocycles. The molecule has 3 aliphatic rings. The molecular formula is C27H25NO10. The number of carbonyl (C=O) groups excluding carboxylic acids is 1. The lowest BCUT2D eigenvalue weighted by Crippen LogP contribution is -2.33. The lowest BCUT2D eigenvalue weighted by atomic mass is 9.82. The fourth-order valence-electron chi connectivity index (χ4n) is 5.06. The molecule has 0 amide bonds. The molecule has 2 aromatic carbocycles. The molecule has 2 aliphatic carbocycles. The van der Waals surface area contributed by atoms with Gasteiger partial charge in [0.15, 0.2) is 19.2 Å². The summed E-state index contributed by atoms with van der Waals surface area (Å²) in [6.45, 7) is -0.0563. The van der Waals surface area contributed by atoms with E-state index in [0.29, 0.717) is 34.6 Å². The molecule has 11 nitrogen and oxygen atoms in total. The van der Waals surface area contributed by atoms with Crippen molar-refractivity contribution >= 4 is 17.2 Å². The van der Waals surface area contributed by atoms with Crippen molar-refractivity contribution in [2.75, 3.05) is 34.9 Å². The maximum Gasteiger partial charge on any atom is 0.338 e. The van der Waals surface area contributed by atoms with Gasteiger partial charge in [-0.15, -0.1) is 0 Å². The summed E-state index contributed by atoms with van der Waals surface area (Å²) < 4.78 is 32.4. The van der Waals surface area contributed by atoms with Crippen molar-refractivity contribution in [3.63, 3.8) is 0 Å². The average molecular weight is 523 g/mol. The molecule has 1 aliphatic heterocycles. The molecule has 0 radical (unpaired) electrons. The third kappa shape index (κ3) is 4.01. The first-order valence-corrected chi connectivity index (χ1v) is 11.6. The number of hydrogen-bond donors (Lipinski definition) is 1. The van der Waals surface area contributed by atoms with E-state index in [-0.39, 0.29) is 47.8 Å². The van der Waals surface area contributed by atoms with E-state index in [1.54, 1.807) is 24.3 Å². The average Bonchev–Trinajstić information content (AvgIpc) is 3.51. The van der Waals surface area contributed by atoms with Crippen LogP contribution in [0.4, 0.5) is 5.69 Å². The monoisotopic (exact) mass is 523 g/mol. The summed E-state index contributed by atoms with van der Waals surface area (Å²) in [5, 5.41) is 24.3. The molecule has 2 unspecified atom stereocenters. The van der Waals surface area contributed by atoms with Crippen molar-refractivity contribution in [1.29, 1.82) is 0 Å². The van der Waals surface area contributed by atoms with Crippen molar-refractivity contribution in [2.45, 2.75) is 18.1 Å². The molecule has 38 heavy (non-hydrogen) atoms. The van der Waals surface area contributed by atoms with Gasteiger partial charge in [0, 0.05) is 42.9 Å². The summed E-state index contributed by atoms with van der Waals surface area (Å²) in [6, 6.07) is 8.78. The Kier molecular flexibility index (Phi) is 6.66. The van der Waals surface area contributed by atoms with E-state index < -0.39 is 16.5 Å². The highest BCUT2D eigenvalue weighted by Gasteiger charge is 2.52. The largest absolute Gasteiger partial charge is 0.497 e. The number of nitro groups is 1. The zero-order valence-electron chi connectivity index (χ0n) is 20.9. The molecule has 2 atom stereocenters. The highest BCUT2D eigenvalue weighted by molar-refractivity contribution is 6.08. The molecule has 11 heteroatoms. The predicted molar refractivity (Wildman–Crippen MR) is 132 cm³/mol. The van der Waals surface area contributed by atoms with Gasteiger partial charge in [-0.3, -0.25) is 10.1 Å². The van der Waals surface area contributed by atoms with Gasteiger partial charge < -0.3 is 33.5 Å². The summed E-state index contributed by atoms with van der Waals surface area (Å²) in [5.41, 5.74) is -0.759. The third-order valence-electron chi connectivity index (χ3n) is 6.77. The molecular weight excluding hydrogens is 498 g/mol. The molecule has 0 spiro atoms. The molecule has 1 heterocycles. The van der Waals surface area contributed by atoms with Crippen LogP contribution in [0.3, 0.4) is 0 Å². The number of nitrogens with zero attached hydrogens (tertiary/aromatic N) is 1. The number of aliphatic hydroxyl groups is 1. The SMILES string of the molecule is COCOc1cc(OC)ccc1C1(O)C(C(=O)OC)=C(C2=CC=C3OCOC3C2)c2ccc([N+](=O)[O-])cc21. The van der Waals surface area contributed by atoms with Crippen LogP contribution in [0, 0.1) is 10.1 Å². The van der Waals surface area contributed by atoms with Gasteiger partial charge in [0.2, 0.25) is 0 Å². The van der Waals surface area contributed by atoms with Crippen LogP contribution in [0.2, 0.25) is 0 Å². The molecule has 5 rings (SSSR count). The highest BCUT2D eigenvalue weighted by Crippen LogP contribution is 2.55. The van der Waals surface area contributed by atoms with Crippen molar-refractivity contribution in [1.82, 2.24) is 0 Å². The normalized spacial score (nSPS) is 21.6. The van der Waals surface area contributed by atoms with Gasteiger partial charge in [-0.2, -0.15) is 0 Å². The van der Waals surface area contributed by atoms with Gasteiger partial charge in [0.1, 0.15) is 23.4 Å². The van der Waals surface area contributed by atoms with E-state index in [0.717, 1.165) is 0 Å². The Morgan fingerprint density at radius 2 is 1.97 bits per heavy atom. The van der Waals surface area contributed by atoms with Gasteiger partial charge in [0.05, 0.1) is 24.7 Å². The maximum atomic E-state index is 13.5. The smallest absolute Gasteiger partial charge is 0.338 e. The van der Waals surface area contributed by atoms with Crippen LogP contribution < -0.4 is 9.47 Å². The van der Waals surface area contributed by atoms with Crippen LogP contribution in [-0.2, 0) is 29.3 Å². The number of esters is 1. The molecule has 1 fully saturated rings. The number of benzene rings is 2. The number of nitro benzene ring substituents is 1. The summed E-state index contributed by atoms with van der Waals surface area (Å²) in [4.78, 5) is 24.6. The van der Waals surface area contributed by atoms with Crippen LogP contribution in [0.1, 0.15) is 23.1 Å². The third-order valence-corrected chi connectivity index (χ3v) is 6.77. The van der Waals surface area contributed by atoms with Gasteiger partial charge in [-0.1, -0.05) is 6.08 Å². The lowest BCUT2D eigenvalue weighted by molar-refractivity contribution is -0.385. The fourth-order valence-corrected chi connectivity index (χ4v) is 5.06. The second-order valence-corrected chi connectivity index (χ2v) is 8.73. The minimum atomic E-state index is -2.18. The second-order valence-electron chi connectivity index (χ2n) is 8.73. The summed E-state index contributed by atoms with van der Waals surface area (Å²) in [5.74, 6) is 0.433. The van der Waals surface area contributed by atoms with Crippen LogP contribution in [0.15, 0.2) is 65.5 Å². The molecule has 1 saturated heterocycles. The predicted octanol–water partition coefficient (Wildman–Crippen LogP) is 3.35. The Labute approximate surface area is 217 Å². The number of methoxy groups -OCH3 is 3. The standard InChI is InChI=1S/C27H25NO10/c1-33-13-36-22-12-17(34-2)6-8-19(22)27(30)20-11-16(28(31)32)5-7-18(20)24(25(27)26(29)35-3)15-4-9-21-23(10-15)38-14-37-21/h4-9,11-12,23,30H,10,13-14H2,1-3H3. The summed E-state index contributed by atoms with van der Waals surface area (Å²) in [6.07, 6.45) is 3.52. The number of rotatable bonds is 8. The van der Waals surface area contributed by atoms with Crippen molar-refractivity contribution in [3.8, 4) is 11.5 Å². The Morgan fingerprint density at radius 1 is 1.16 bits per heavy atom. The van der Waals surface area contributed by atoms with E-state index in [9.17, 15) is 20.0 Å². The van der Waals surface area contributed by atoms with Crippen molar-refractivity contribution < 1.29 is 43.2 Å². The van der Waals surface area contributed by atoms with Gasteiger partial charge in [-0.25, -0.2) is 4.79 Å². The topological polar surface area (TPSA) is 136 Å². The number of ether oxygens (including phenoxy) is 6. The van der Waals surface area contributed by atoms with E-state index >= 15 is 0 Å². The summed E-state index contributed by atoms with van der Waals surface area (Å²) in [7, 11) is 4.12. The van der Waals surface area contributed by atoms with Crippen molar-refractivity contribution in [2.24, 2.45) is 0 Å². The number of allylic oxidation sites excluding steroid dienone is 3. The number of carbonyl (C=O) groups is 1. The van der Waals surface area contributed by atoms with E-state index in [1.165, 1.54) is 45.6 Å².